The van der Waals surface area contributed by atoms with Crippen molar-refractivity contribution in [3.8, 4) is 0 Å². The Morgan fingerprint density at radius 3 is 2.58 bits per heavy atom. The minimum absolute atomic E-state index is 0.00884. The zero-order chi connectivity index (χ0) is 28.2. The first-order chi connectivity index (χ1) is 17.9. The van der Waals surface area contributed by atoms with Crippen molar-refractivity contribution in [2.24, 2.45) is 11.8 Å². The van der Waals surface area contributed by atoms with Gasteiger partial charge in [-0.15, -0.1) is 5.10 Å². The summed E-state index contributed by atoms with van der Waals surface area (Å²) in [7, 11) is 1.27. The number of aliphatic hydroxyl groups is 1. The van der Waals surface area contributed by atoms with E-state index in [1.807, 2.05) is 13.8 Å². The molecule has 12 heteroatoms. The van der Waals surface area contributed by atoms with Crippen LogP contribution in [0.1, 0.15) is 57.2 Å². The highest BCUT2D eigenvalue weighted by molar-refractivity contribution is 5.94. The maximum atomic E-state index is 14.4. The van der Waals surface area contributed by atoms with Gasteiger partial charge in [0, 0.05) is 19.6 Å². The SMILES string of the molecule is COC(=O)C1C[C@H](N(CC(C)C)C(=O)c2nnn(C3=C=C=CC=C3F)c2CO)CN(C(=O)OC(C)(C)C)C1. The first-order valence-corrected chi connectivity index (χ1v) is 12.4. The lowest BCUT2D eigenvalue weighted by molar-refractivity contribution is -0.148. The van der Waals surface area contributed by atoms with Gasteiger partial charge in [0.1, 0.15) is 11.3 Å². The number of nitrogens with zero attached hydrogens (tertiary/aromatic N) is 5. The molecule has 206 valence electrons. The molecular weight excluding hydrogens is 497 g/mol. The van der Waals surface area contributed by atoms with E-state index in [1.165, 1.54) is 23.0 Å². The Balaban J connectivity index is 2.00. The van der Waals surface area contributed by atoms with Crippen molar-refractivity contribution in [3.05, 3.63) is 40.8 Å². The van der Waals surface area contributed by atoms with Crippen molar-refractivity contribution in [1.82, 2.24) is 24.8 Å². The average molecular weight is 532 g/mol. The van der Waals surface area contributed by atoms with Gasteiger partial charge in [-0.25, -0.2) is 13.9 Å². The van der Waals surface area contributed by atoms with E-state index in [2.05, 4.69) is 21.8 Å². The van der Waals surface area contributed by atoms with Crippen LogP contribution in [-0.4, -0.2) is 86.3 Å². The van der Waals surface area contributed by atoms with Crippen LogP contribution in [0.2, 0.25) is 0 Å². The number of piperidine rings is 1. The summed E-state index contributed by atoms with van der Waals surface area (Å²) in [6.07, 6.45) is 2.12. The number of esters is 1. The van der Waals surface area contributed by atoms with Gasteiger partial charge < -0.3 is 24.4 Å². The number of ether oxygens (including phenoxy) is 2. The molecule has 0 spiro atoms. The molecule has 1 aliphatic heterocycles. The largest absolute Gasteiger partial charge is 0.469 e. The Morgan fingerprint density at radius 1 is 1.29 bits per heavy atom. The molecule has 1 fully saturated rings. The number of aromatic nitrogens is 3. The van der Waals surface area contributed by atoms with Crippen LogP contribution in [0, 0.1) is 11.8 Å². The molecule has 1 N–H and O–H groups in total. The lowest BCUT2D eigenvalue weighted by Gasteiger charge is -2.42. The van der Waals surface area contributed by atoms with Gasteiger partial charge in [-0.1, -0.05) is 24.8 Å². The molecule has 0 radical (unpaired) electrons. The molecule has 2 amide bonds. The number of hydrogen-bond donors (Lipinski definition) is 1. The Hall–Kier alpha value is -3.72. The van der Waals surface area contributed by atoms with Crippen LogP contribution < -0.4 is 0 Å². The standard InChI is InChI=1S/C26H34FN5O6/c1-16(2)12-31(18-11-17(24(35)37-6)13-30(14-18)25(36)38-26(3,4)5)23(34)22-21(15-33)32(29-28-22)20-10-8-7-9-19(20)27/h7,9,16-18,33H,11-15H2,1-6H3/t17?,18-/m0/s1. The average Bonchev–Trinajstić information content (AvgIpc) is 3.29. The van der Waals surface area contributed by atoms with Crippen molar-refractivity contribution in [1.29, 1.82) is 0 Å². The van der Waals surface area contributed by atoms with Crippen LogP contribution in [0.15, 0.2) is 29.4 Å². The number of carbonyl (C=O) groups is 3. The molecular formula is C26H34FN5O6. The number of allylic oxidation sites excluding steroid dienone is 4. The highest BCUT2D eigenvalue weighted by Crippen LogP contribution is 2.27. The predicted molar refractivity (Wildman–Crippen MR) is 134 cm³/mol. The van der Waals surface area contributed by atoms with Crippen molar-refractivity contribution in [2.45, 2.75) is 59.3 Å². The van der Waals surface area contributed by atoms with Gasteiger partial charge in [0.05, 0.1) is 25.7 Å². The highest BCUT2D eigenvalue weighted by atomic mass is 19.1. The van der Waals surface area contributed by atoms with Gasteiger partial charge in [0.2, 0.25) is 0 Å². The number of halogens is 1. The molecule has 0 bridgehead atoms. The summed E-state index contributed by atoms with van der Waals surface area (Å²) in [6, 6.07) is -0.597. The number of aliphatic hydroxyl groups excluding tert-OH is 1. The van der Waals surface area contributed by atoms with Crippen LogP contribution in [0.4, 0.5) is 9.18 Å². The molecule has 1 aliphatic carbocycles. The second kappa shape index (κ2) is 11.8. The molecule has 3 rings (SSSR count). The summed E-state index contributed by atoms with van der Waals surface area (Å²) in [5, 5.41) is 17.9. The molecule has 1 aromatic rings. The van der Waals surface area contributed by atoms with E-state index in [0.717, 1.165) is 10.8 Å². The number of carbonyl (C=O) groups excluding carboxylic acids is 3. The third kappa shape index (κ3) is 6.58. The number of hydrogen-bond acceptors (Lipinski definition) is 8. The molecule has 1 unspecified atom stereocenters. The third-order valence-electron chi connectivity index (χ3n) is 5.94. The molecule has 0 aromatic carbocycles. The maximum Gasteiger partial charge on any atom is 0.410 e. The van der Waals surface area contributed by atoms with Gasteiger partial charge in [-0.05, 0) is 51.0 Å². The van der Waals surface area contributed by atoms with Gasteiger partial charge in [-0.3, -0.25) is 9.59 Å². The molecule has 2 aliphatic rings. The number of methoxy groups -OCH3 is 1. The fourth-order valence-corrected chi connectivity index (χ4v) is 4.35. The minimum Gasteiger partial charge on any atom is -0.469 e. The van der Waals surface area contributed by atoms with E-state index in [9.17, 15) is 23.9 Å². The Morgan fingerprint density at radius 2 is 2.00 bits per heavy atom. The molecule has 11 nitrogen and oxygen atoms in total. The summed E-state index contributed by atoms with van der Waals surface area (Å²) in [5.41, 5.74) is 4.11. The Labute approximate surface area is 220 Å². The number of amides is 2. The zero-order valence-corrected chi connectivity index (χ0v) is 22.5. The first-order valence-electron chi connectivity index (χ1n) is 12.4. The van der Waals surface area contributed by atoms with Crippen molar-refractivity contribution < 1.29 is 33.4 Å². The van der Waals surface area contributed by atoms with E-state index in [1.54, 1.807) is 20.8 Å². The van der Waals surface area contributed by atoms with Crippen LogP contribution in [0.25, 0.3) is 5.70 Å². The second-order valence-electron chi connectivity index (χ2n) is 10.6. The maximum absolute atomic E-state index is 14.4. The molecule has 2 atom stereocenters. The van der Waals surface area contributed by atoms with Crippen LogP contribution in [-0.2, 0) is 20.9 Å². The smallest absolute Gasteiger partial charge is 0.410 e. The van der Waals surface area contributed by atoms with Gasteiger partial charge >= 0.3 is 12.1 Å². The lowest BCUT2D eigenvalue weighted by atomic mass is 9.92. The number of likely N-dealkylation sites (tertiary alicyclic amines) is 1. The number of rotatable bonds is 7. The quantitative estimate of drug-likeness (QED) is 0.420. The van der Waals surface area contributed by atoms with Crippen molar-refractivity contribution in [2.75, 3.05) is 26.7 Å². The summed E-state index contributed by atoms with van der Waals surface area (Å²) in [4.78, 5) is 42.3. The lowest BCUT2D eigenvalue weighted by Crippen LogP contribution is -2.57. The van der Waals surface area contributed by atoms with Crippen molar-refractivity contribution >= 4 is 23.7 Å². The summed E-state index contributed by atoms with van der Waals surface area (Å²) < 4.78 is 25.9. The molecule has 0 saturated carbocycles. The Bertz CT molecular complexity index is 1220. The van der Waals surface area contributed by atoms with Gasteiger partial charge in [0.15, 0.2) is 17.2 Å². The fraction of sp³-hybridized carbons (Fsp3) is 0.577. The van der Waals surface area contributed by atoms with Gasteiger partial charge in [-0.2, -0.15) is 0 Å². The van der Waals surface area contributed by atoms with E-state index < -0.39 is 48.0 Å². The van der Waals surface area contributed by atoms with E-state index in [4.69, 9.17) is 9.47 Å². The van der Waals surface area contributed by atoms with Crippen LogP contribution in [0.5, 0.6) is 0 Å². The van der Waals surface area contributed by atoms with Crippen LogP contribution >= 0.6 is 0 Å². The summed E-state index contributed by atoms with van der Waals surface area (Å²) >= 11 is 0. The highest BCUT2D eigenvalue weighted by Gasteiger charge is 2.41. The van der Waals surface area contributed by atoms with Crippen molar-refractivity contribution in [3.63, 3.8) is 0 Å². The molecule has 38 heavy (non-hydrogen) atoms. The Kier molecular flexibility index (Phi) is 8.93. The summed E-state index contributed by atoms with van der Waals surface area (Å²) in [5.74, 6) is -2.44. The normalized spacial score (nSPS) is 19.2. The predicted octanol–water partition coefficient (Wildman–Crippen LogP) is 2.69. The fourth-order valence-electron chi connectivity index (χ4n) is 4.35. The molecule has 1 aromatic heterocycles. The summed E-state index contributed by atoms with van der Waals surface area (Å²) in [6.45, 7) is 8.86. The molecule has 1 saturated heterocycles. The molecule has 2 heterocycles. The van der Waals surface area contributed by atoms with E-state index >= 15 is 0 Å². The van der Waals surface area contributed by atoms with E-state index in [-0.39, 0.29) is 49.1 Å². The zero-order valence-electron chi connectivity index (χ0n) is 22.5. The minimum atomic E-state index is -0.756. The monoisotopic (exact) mass is 531 g/mol. The van der Waals surface area contributed by atoms with Gasteiger partial charge in [0.25, 0.3) is 5.91 Å². The third-order valence-corrected chi connectivity index (χ3v) is 5.94. The van der Waals surface area contributed by atoms with E-state index in [0.29, 0.717) is 0 Å². The second-order valence-corrected chi connectivity index (χ2v) is 10.6. The van der Waals surface area contributed by atoms with Crippen LogP contribution in [0.3, 0.4) is 0 Å². The topological polar surface area (TPSA) is 127 Å². The first kappa shape index (κ1) is 28.8.